The van der Waals surface area contributed by atoms with E-state index in [9.17, 15) is 9.18 Å². The number of hydrogen-bond donors (Lipinski definition) is 0. The zero-order chi connectivity index (χ0) is 21.3. The molecule has 0 aromatic heterocycles. The minimum Gasteiger partial charge on any atom is -0.493 e. The molecule has 1 amide bonds. The Labute approximate surface area is 179 Å². The average Bonchev–Trinajstić information content (AvgIpc) is 2.77. The van der Waals surface area contributed by atoms with E-state index in [1.165, 1.54) is 12.1 Å². The summed E-state index contributed by atoms with van der Waals surface area (Å²) in [4.78, 5) is 15.1. The van der Waals surface area contributed by atoms with E-state index in [1.54, 1.807) is 37.3 Å². The Kier molecular flexibility index (Phi) is 5.64. The van der Waals surface area contributed by atoms with Crippen LogP contribution in [0.3, 0.4) is 0 Å². The maximum absolute atomic E-state index is 13.8. The van der Waals surface area contributed by atoms with E-state index in [2.05, 4.69) is 0 Å². The fourth-order valence-electron chi connectivity index (χ4n) is 3.98. The number of carbonyl (C=O) groups is 1. The van der Waals surface area contributed by atoms with Gasteiger partial charge >= 0.3 is 0 Å². The van der Waals surface area contributed by atoms with Gasteiger partial charge in [-0.25, -0.2) is 4.39 Å². The summed E-state index contributed by atoms with van der Waals surface area (Å²) in [6.07, 6.45) is 0.637. The molecule has 3 aromatic rings. The Morgan fingerprint density at radius 1 is 1.00 bits per heavy atom. The number of methoxy groups -OCH3 is 2. The first-order valence-corrected chi connectivity index (χ1v) is 9.97. The summed E-state index contributed by atoms with van der Waals surface area (Å²) in [5.74, 6) is 0.520. The van der Waals surface area contributed by atoms with Gasteiger partial charge in [-0.2, -0.15) is 0 Å². The average molecular weight is 426 g/mol. The molecular formula is C24H21ClFNO3. The number of carbonyl (C=O) groups excluding carboxylic acids is 1. The van der Waals surface area contributed by atoms with Crippen molar-refractivity contribution in [2.24, 2.45) is 0 Å². The summed E-state index contributed by atoms with van der Waals surface area (Å²) in [6, 6.07) is 16.6. The maximum atomic E-state index is 13.8. The van der Waals surface area contributed by atoms with Crippen molar-refractivity contribution in [2.45, 2.75) is 12.5 Å². The minimum atomic E-state index is -0.445. The lowest BCUT2D eigenvalue weighted by molar-refractivity contribution is 0.0694. The molecule has 0 spiro atoms. The van der Waals surface area contributed by atoms with Crippen LogP contribution in [0.4, 0.5) is 4.39 Å². The van der Waals surface area contributed by atoms with Gasteiger partial charge in [0.05, 0.1) is 20.3 Å². The first kappa shape index (κ1) is 20.2. The second-order valence-corrected chi connectivity index (χ2v) is 7.50. The molecule has 4 rings (SSSR count). The van der Waals surface area contributed by atoms with E-state index in [0.29, 0.717) is 35.1 Å². The lowest BCUT2D eigenvalue weighted by Crippen LogP contribution is -2.40. The van der Waals surface area contributed by atoms with E-state index in [4.69, 9.17) is 21.1 Å². The molecule has 1 atom stereocenters. The number of rotatable bonds is 4. The summed E-state index contributed by atoms with van der Waals surface area (Å²) < 4.78 is 24.7. The standard InChI is InChI=1S/C24H21ClFNO3/c1-29-21-13-15-10-11-27(24(28)16-6-5-7-17(26)12-16)23(19(15)14-22(21)30-2)18-8-3-4-9-20(18)25/h3-9,12-14,23H,10-11H2,1-2H3/t23-/m1/s1. The molecule has 3 aromatic carbocycles. The van der Waals surface area contributed by atoms with Crippen LogP contribution in [0.15, 0.2) is 60.7 Å². The lowest BCUT2D eigenvalue weighted by atomic mass is 9.87. The number of hydrogen-bond acceptors (Lipinski definition) is 3. The van der Waals surface area contributed by atoms with E-state index in [-0.39, 0.29) is 5.91 Å². The summed E-state index contributed by atoms with van der Waals surface area (Å²) in [5.41, 5.74) is 3.07. The molecule has 1 heterocycles. The zero-order valence-corrected chi connectivity index (χ0v) is 17.4. The fraction of sp³-hybridized carbons (Fsp3) is 0.208. The molecule has 0 radical (unpaired) electrons. The summed E-state index contributed by atoms with van der Waals surface area (Å²) in [7, 11) is 3.17. The zero-order valence-electron chi connectivity index (χ0n) is 16.7. The molecule has 154 valence electrons. The highest BCUT2D eigenvalue weighted by atomic mass is 35.5. The van der Waals surface area contributed by atoms with Crippen molar-refractivity contribution in [3.63, 3.8) is 0 Å². The van der Waals surface area contributed by atoms with Gasteiger partial charge in [0.2, 0.25) is 0 Å². The van der Waals surface area contributed by atoms with Crippen molar-refractivity contribution >= 4 is 17.5 Å². The van der Waals surface area contributed by atoms with Crippen molar-refractivity contribution in [1.82, 2.24) is 4.90 Å². The second kappa shape index (κ2) is 8.36. The monoisotopic (exact) mass is 425 g/mol. The first-order valence-electron chi connectivity index (χ1n) is 9.59. The number of amides is 1. The molecule has 30 heavy (non-hydrogen) atoms. The number of halogens is 2. The number of fused-ring (bicyclic) bond motifs is 1. The van der Waals surface area contributed by atoms with Crippen LogP contribution in [-0.2, 0) is 6.42 Å². The molecule has 1 aliphatic heterocycles. The largest absolute Gasteiger partial charge is 0.493 e. The van der Waals surface area contributed by atoms with Crippen LogP contribution in [0.2, 0.25) is 5.02 Å². The molecule has 4 nitrogen and oxygen atoms in total. The highest BCUT2D eigenvalue weighted by molar-refractivity contribution is 6.31. The van der Waals surface area contributed by atoms with Gasteiger partial charge in [0.25, 0.3) is 5.91 Å². The molecule has 0 fully saturated rings. The molecule has 0 saturated carbocycles. The summed E-state index contributed by atoms with van der Waals surface area (Å²) >= 11 is 6.54. The van der Waals surface area contributed by atoms with Gasteiger partial charge in [-0.15, -0.1) is 0 Å². The Hall–Kier alpha value is -3.05. The topological polar surface area (TPSA) is 38.8 Å². The van der Waals surface area contributed by atoms with Crippen LogP contribution in [0.1, 0.15) is 33.1 Å². The number of benzene rings is 3. The van der Waals surface area contributed by atoms with Gasteiger partial charge in [-0.1, -0.05) is 35.9 Å². The van der Waals surface area contributed by atoms with Gasteiger partial charge in [-0.3, -0.25) is 4.79 Å². The van der Waals surface area contributed by atoms with Crippen LogP contribution in [0, 0.1) is 5.82 Å². The van der Waals surface area contributed by atoms with Gasteiger partial charge in [0.15, 0.2) is 11.5 Å². The van der Waals surface area contributed by atoms with Crippen LogP contribution >= 0.6 is 11.6 Å². The van der Waals surface area contributed by atoms with Crippen molar-refractivity contribution < 1.29 is 18.7 Å². The molecule has 0 bridgehead atoms. The lowest BCUT2D eigenvalue weighted by Gasteiger charge is -2.38. The predicted molar refractivity (Wildman–Crippen MR) is 114 cm³/mol. The smallest absolute Gasteiger partial charge is 0.254 e. The van der Waals surface area contributed by atoms with Crippen molar-refractivity contribution in [3.05, 3.63) is 93.8 Å². The first-order chi connectivity index (χ1) is 14.5. The fourth-order valence-corrected chi connectivity index (χ4v) is 4.22. The highest BCUT2D eigenvalue weighted by Gasteiger charge is 2.35. The molecule has 0 unspecified atom stereocenters. The normalized spacial score (nSPS) is 15.5. The highest BCUT2D eigenvalue weighted by Crippen LogP contribution is 2.43. The molecule has 6 heteroatoms. The van der Waals surface area contributed by atoms with Gasteiger partial charge in [0.1, 0.15) is 5.82 Å². The Morgan fingerprint density at radius 2 is 1.73 bits per heavy atom. The van der Waals surface area contributed by atoms with Crippen LogP contribution in [0.5, 0.6) is 11.5 Å². The quantitative estimate of drug-likeness (QED) is 0.570. The molecule has 0 N–H and O–H groups in total. The molecule has 1 aliphatic rings. The third-order valence-corrected chi connectivity index (χ3v) is 5.75. The Balaban J connectivity index is 1.88. The summed E-state index contributed by atoms with van der Waals surface area (Å²) in [5, 5.41) is 0.558. The SMILES string of the molecule is COc1cc2c(cc1OC)[C@@H](c1ccccc1Cl)N(C(=O)c1cccc(F)c1)CC2. The number of ether oxygens (including phenoxy) is 2. The maximum Gasteiger partial charge on any atom is 0.254 e. The third-order valence-electron chi connectivity index (χ3n) is 5.41. The Morgan fingerprint density at radius 3 is 2.43 bits per heavy atom. The van der Waals surface area contributed by atoms with E-state index >= 15 is 0 Å². The van der Waals surface area contributed by atoms with Crippen LogP contribution < -0.4 is 9.47 Å². The van der Waals surface area contributed by atoms with E-state index in [0.717, 1.165) is 16.7 Å². The van der Waals surface area contributed by atoms with Gasteiger partial charge in [-0.05, 0) is 59.5 Å². The molecular weight excluding hydrogens is 405 g/mol. The molecule has 0 aliphatic carbocycles. The predicted octanol–water partition coefficient (Wildman–Crippen LogP) is 5.28. The van der Waals surface area contributed by atoms with Crippen molar-refractivity contribution in [3.8, 4) is 11.5 Å². The van der Waals surface area contributed by atoms with Crippen LogP contribution in [-0.4, -0.2) is 31.6 Å². The molecule has 0 saturated heterocycles. The van der Waals surface area contributed by atoms with Crippen molar-refractivity contribution in [2.75, 3.05) is 20.8 Å². The second-order valence-electron chi connectivity index (χ2n) is 7.09. The van der Waals surface area contributed by atoms with Crippen molar-refractivity contribution in [1.29, 1.82) is 0 Å². The Bertz CT molecular complexity index is 1100. The third kappa shape index (κ3) is 3.61. The van der Waals surface area contributed by atoms with Gasteiger partial charge in [0, 0.05) is 17.1 Å². The van der Waals surface area contributed by atoms with E-state index < -0.39 is 11.9 Å². The summed E-state index contributed by atoms with van der Waals surface area (Å²) in [6.45, 7) is 0.466. The number of nitrogens with zero attached hydrogens (tertiary/aromatic N) is 1. The minimum absolute atomic E-state index is 0.250. The van der Waals surface area contributed by atoms with Gasteiger partial charge < -0.3 is 14.4 Å². The van der Waals surface area contributed by atoms with Crippen LogP contribution in [0.25, 0.3) is 0 Å². The van der Waals surface area contributed by atoms with E-state index in [1.807, 2.05) is 30.3 Å².